The quantitative estimate of drug-likeness (QED) is 0.768. The molecular formula is C14H15NO3. The summed E-state index contributed by atoms with van der Waals surface area (Å²) in [5.41, 5.74) is 1.53. The van der Waals surface area contributed by atoms with Gasteiger partial charge in [0.1, 0.15) is 12.7 Å². The van der Waals surface area contributed by atoms with Crippen LogP contribution in [-0.2, 0) is 9.53 Å². The van der Waals surface area contributed by atoms with Gasteiger partial charge in [0.25, 0.3) is 5.91 Å². The van der Waals surface area contributed by atoms with Crippen molar-refractivity contribution in [2.75, 3.05) is 18.5 Å². The fraction of sp³-hybridized carbons (Fsp3) is 0.357. The minimum atomic E-state index is -0.321. The predicted molar refractivity (Wildman–Crippen MR) is 68.0 cm³/mol. The second kappa shape index (κ2) is 6.20. The smallest absolute Gasteiger partial charge is 0.253 e. The van der Waals surface area contributed by atoms with E-state index in [0.717, 1.165) is 24.1 Å². The summed E-state index contributed by atoms with van der Waals surface area (Å²) in [4.78, 5) is 11.8. The first kappa shape index (κ1) is 12.6. The lowest BCUT2D eigenvalue weighted by Crippen LogP contribution is -2.26. The molecule has 1 aromatic rings. The van der Waals surface area contributed by atoms with Crippen LogP contribution in [0.2, 0.25) is 0 Å². The van der Waals surface area contributed by atoms with Gasteiger partial charge in [0.2, 0.25) is 0 Å². The van der Waals surface area contributed by atoms with E-state index in [-0.39, 0.29) is 18.6 Å². The number of amides is 1. The SMILES string of the molecule is O=C(Nc1ccc(C#CCO)cc1)C1CCCO1. The molecule has 1 aromatic carbocycles. The lowest BCUT2D eigenvalue weighted by molar-refractivity contribution is -0.124. The highest BCUT2D eigenvalue weighted by Crippen LogP contribution is 2.15. The maximum atomic E-state index is 11.8. The Balaban J connectivity index is 1.95. The standard InChI is InChI=1S/C14H15NO3/c16-9-1-3-11-5-7-12(8-6-11)15-14(17)13-4-2-10-18-13/h5-8,13,16H,2,4,9-10H2,(H,15,17). The summed E-state index contributed by atoms with van der Waals surface area (Å²) in [5, 5.41) is 11.4. The average Bonchev–Trinajstić information content (AvgIpc) is 2.92. The van der Waals surface area contributed by atoms with Gasteiger partial charge >= 0.3 is 0 Å². The maximum Gasteiger partial charge on any atom is 0.253 e. The highest BCUT2D eigenvalue weighted by molar-refractivity contribution is 5.94. The van der Waals surface area contributed by atoms with Gasteiger partial charge in [-0.3, -0.25) is 4.79 Å². The topological polar surface area (TPSA) is 58.6 Å². The highest BCUT2D eigenvalue weighted by atomic mass is 16.5. The van der Waals surface area contributed by atoms with Crippen LogP contribution in [0.25, 0.3) is 0 Å². The Morgan fingerprint density at radius 1 is 1.44 bits per heavy atom. The molecule has 1 atom stereocenters. The van der Waals surface area contributed by atoms with Crippen molar-refractivity contribution in [2.45, 2.75) is 18.9 Å². The average molecular weight is 245 g/mol. The van der Waals surface area contributed by atoms with E-state index in [1.165, 1.54) is 0 Å². The van der Waals surface area contributed by atoms with Gasteiger partial charge in [-0.1, -0.05) is 11.8 Å². The van der Waals surface area contributed by atoms with Crippen molar-refractivity contribution < 1.29 is 14.6 Å². The number of hydrogen-bond acceptors (Lipinski definition) is 3. The molecule has 1 unspecified atom stereocenters. The Hall–Kier alpha value is -1.83. The minimum absolute atomic E-state index is 0.0957. The number of carbonyl (C=O) groups excluding carboxylic acids is 1. The minimum Gasteiger partial charge on any atom is -0.384 e. The van der Waals surface area contributed by atoms with Gasteiger partial charge < -0.3 is 15.2 Å². The number of aliphatic hydroxyl groups is 1. The predicted octanol–water partition coefficient (Wildman–Crippen LogP) is 1.15. The lowest BCUT2D eigenvalue weighted by atomic mass is 10.2. The Morgan fingerprint density at radius 2 is 2.22 bits per heavy atom. The monoisotopic (exact) mass is 245 g/mol. The fourth-order valence-corrected chi connectivity index (χ4v) is 1.79. The molecule has 1 heterocycles. The first-order valence-corrected chi connectivity index (χ1v) is 5.92. The number of ether oxygens (including phenoxy) is 1. The summed E-state index contributed by atoms with van der Waals surface area (Å²) in [5.74, 6) is 5.26. The van der Waals surface area contributed by atoms with Crippen LogP contribution in [0.15, 0.2) is 24.3 Å². The van der Waals surface area contributed by atoms with Crippen LogP contribution in [0.4, 0.5) is 5.69 Å². The van der Waals surface area contributed by atoms with Gasteiger partial charge in [0, 0.05) is 17.9 Å². The van der Waals surface area contributed by atoms with E-state index < -0.39 is 0 Å². The van der Waals surface area contributed by atoms with Gasteiger partial charge in [-0.05, 0) is 37.1 Å². The molecule has 1 fully saturated rings. The molecule has 0 aliphatic carbocycles. The second-order valence-electron chi connectivity index (χ2n) is 4.03. The summed E-state index contributed by atoms with van der Waals surface area (Å²) >= 11 is 0. The maximum absolute atomic E-state index is 11.8. The summed E-state index contributed by atoms with van der Waals surface area (Å²) < 4.78 is 5.30. The lowest BCUT2D eigenvalue weighted by Gasteiger charge is -2.10. The zero-order valence-electron chi connectivity index (χ0n) is 9.98. The molecule has 1 aliphatic heterocycles. The molecule has 94 valence electrons. The van der Waals surface area contributed by atoms with Crippen molar-refractivity contribution >= 4 is 11.6 Å². The number of carbonyl (C=O) groups is 1. The number of rotatable bonds is 2. The Kier molecular flexibility index (Phi) is 4.35. The summed E-state index contributed by atoms with van der Waals surface area (Å²) in [6.45, 7) is 0.505. The van der Waals surface area contributed by atoms with Crippen LogP contribution >= 0.6 is 0 Å². The molecule has 0 saturated carbocycles. The number of benzene rings is 1. The first-order chi connectivity index (χ1) is 8.79. The third kappa shape index (κ3) is 3.33. The summed E-state index contributed by atoms with van der Waals surface area (Å²) in [6, 6.07) is 7.17. The van der Waals surface area contributed by atoms with Crippen molar-refractivity contribution in [3.05, 3.63) is 29.8 Å². The molecule has 4 heteroatoms. The molecule has 0 spiro atoms. The molecule has 2 N–H and O–H groups in total. The third-order valence-electron chi connectivity index (χ3n) is 2.69. The van der Waals surface area contributed by atoms with Crippen molar-refractivity contribution in [1.82, 2.24) is 0 Å². The van der Waals surface area contributed by atoms with E-state index in [9.17, 15) is 4.79 Å². The molecule has 1 amide bonds. The van der Waals surface area contributed by atoms with Gasteiger partial charge in [-0.15, -0.1) is 0 Å². The van der Waals surface area contributed by atoms with E-state index in [0.29, 0.717) is 6.61 Å². The molecule has 4 nitrogen and oxygen atoms in total. The van der Waals surface area contributed by atoms with Crippen LogP contribution in [-0.4, -0.2) is 30.3 Å². The number of hydrogen-bond donors (Lipinski definition) is 2. The van der Waals surface area contributed by atoms with E-state index in [4.69, 9.17) is 9.84 Å². The van der Waals surface area contributed by atoms with Gasteiger partial charge in [-0.25, -0.2) is 0 Å². The number of nitrogens with one attached hydrogen (secondary N) is 1. The van der Waals surface area contributed by atoms with E-state index >= 15 is 0 Å². The number of anilines is 1. The summed E-state index contributed by atoms with van der Waals surface area (Å²) in [7, 11) is 0. The van der Waals surface area contributed by atoms with Crippen LogP contribution in [0, 0.1) is 11.8 Å². The van der Waals surface area contributed by atoms with Crippen molar-refractivity contribution in [2.24, 2.45) is 0 Å². The molecule has 0 bridgehead atoms. The molecule has 2 rings (SSSR count). The molecule has 0 radical (unpaired) electrons. The van der Waals surface area contributed by atoms with E-state index in [1.54, 1.807) is 24.3 Å². The van der Waals surface area contributed by atoms with E-state index in [2.05, 4.69) is 17.2 Å². The van der Waals surface area contributed by atoms with E-state index in [1.807, 2.05) is 0 Å². The largest absolute Gasteiger partial charge is 0.384 e. The molecule has 1 saturated heterocycles. The molecule has 1 aliphatic rings. The van der Waals surface area contributed by atoms with Crippen molar-refractivity contribution in [3.63, 3.8) is 0 Å². The van der Waals surface area contributed by atoms with Crippen molar-refractivity contribution in [1.29, 1.82) is 0 Å². The van der Waals surface area contributed by atoms with Gasteiger partial charge in [0.15, 0.2) is 0 Å². The molecule has 18 heavy (non-hydrogen) atoms. The Labute approximate surface area is 106 Å². The van der Waals surface area contributed by atoms with Crippen LogP contribution < -0.4 is 5.32 Å². The normalized spacial score (nSPS) is 17.9. The second-order valence-corrected chi connectivity index (χ2v) is 4.03. The van der Waals surface area contributed by atoms with Gasteiger partial charge in [0.05, 0.1) is 0 Å². The fourth-order valence-electron chi connectivity index (χ4n) is 1.79. The van der Waals surface area contributed by atoms with Gasteiger partial charge in [-0.2, -0.15) is 0 Å². The molecular weight excluding hydrogens is 230 g/mol. The zero-order valence-corrected chi connectivity index (χ0v) is 9.98. The van der Waals surface area contributed by atoms with Crippen LogP contribution in [0.3, 0.4) is 0 Å². The van der Waals surface area contributed by atoms with Crippen LogP contribution in [0.1, 0.15) is 18.4 Å². The Morgan fingerprint density at radius 3 is 2.83 bits per heavy atom. The van der Waals surface area contributed by atoms with Crippen molar-refractivity contribution in [3.8, 4) is 11.8 Å². The molecule has 0 aromatic heterocycles. The first-order valence-electron chi connectivity index (χ1n) is 5.92. The third-order valence-corrected chi connectivity index (χ3v) is 2.69. The van der Waals surface area contributed by atoms with Crippen LogP contribution in [0.5, 0.6) is 0 Å². The summed E-state index contributed by atoms with van der Waals surface area (Å²) in [6.07, 6.45) is 1.40. The number of aliphatic hydroxyl groups excluding tert-OH is 1. The zero-order chi connectivity index (χ0) is 12.8. The highest BCUT2D eigenvalue weighted by Gasteiger charge is 2.23. The Bertz CT molecular complexity index is 464.